The van der Waals surface area contributed by atoms with Crippen LogP contribution in [0.25, 0.3) is 28.3 Å². The number of carbonyl (C=O) groups is 1. The molecule has 20 heavy (non-hydrogen) atoms. The summed E-state index contributed by atoms with van der Waals surface area (Å²) in [4.78, 5) is 11.3. The minimum absolute atomic E-state index is 0.234. The highest BCUT2D eigenvalue weighted by molar-refractivity contribution is 6.03. The molecule has 0 radical (unpaired) electrons. The van der Waals surface area contributed by atoms with Crippen molar-refractivity contribution in [3.8, 4) is 22.3 Å². The van der Waals surface area contributed by atoms with E-state index in [1.165, 1.54) is 18.2 Å². The molecule has 0 saturated heterocycles. The maximum Gasteiger partial charge on any atom is 0.330 e. The highest BCUT2D eigenvalue weighted by atomic mass is 19.1. The lowest BCUT2D eigenvalue weighted by molar-refractivity contribution is -0.137. The molecule has 3 heteroatoms. The standard InChI is InChI=1S/C17H13FO2/c1-2-20-17(19)8-4-11-3-6-13-14-7-5-12(18)10-16(14)15(13)9-11/h3-10H,2H2,1H3. The van der Waals surface area contributed by atoms with Crippen LogP contribution >= 0.6 is 0 Å². The van der Waals surface area contributed by atoms with Gasteiger partial charge in [-0.05, 0) is 59.0 Å². The smallest absolute Gasteiger partial charge is 0.330 e. The van der Waals surface area contributed by atoms with Crippen molar-refractivity contribution < 1.29 is 13.9 Å². The van der Waals surface area contributed by atoms with Gasteiger partial charge >= 0.3 is 5.97 Å². The van der Waals surface area contributed by atoms with Gasteiger partial charge in [-0.2, -0.15) is 0 Å². The first kappa shape index (κ1) is 12.6. The van der Waals surface area contributed by atoms with E-state index in [2.05, 4.69) is 0 Å². The maximum absolute atomic E-state index is 13.2. The fourth-order valence-electron chi connectivity index (χ4n) is 2.39. The van der Waals surface area contributed by atoms with Gasteiger partial charge in [-0.15, -0.1) is 0 Å². The number of hydrogen-bond donors (Lipinski definition) is 0. The Balaban J connectivity index is 1.87. The largest absolute Gasteiger partial charge is 0.463 e. The van der Waals surface area contributed by atoms with Gasteiger partial charge in [0.15, 0.2) is 0 Å². The Labute approximate surface area is 116 Å². The SMILES string of the molecule is CCOC(=O)C=Cc1ccc2c(c1)-c1cc(F)ccc1-2. The maximum atomic E-state index is 13.2. The Morgan fingerprint density at radius 1 is 1.10 bits per heavy atom. The molecular weight excluding hydrogens is 255 g/mol. The molecule has 0 unspecified atom stereocenters. The number of hydrogen-bond acceptors (Lipinski definition) is 2. The van der Waals surface area contributed by atoms with Crippen LogP contribution in [0.2, 0.25) is 0 Å². The quantitative estimate of drug-likeness (QED) is 0.529. The van der Waals surface area contributed by atoms with Gasteiger partial charge < -0.3 is 4.74 Å². The molecule has 2 aromatic rings. The molecule has 0 amide bonds. The molecule has 0 N–H and O–H groups in total. The van der Waals surface area contributed by atoms with Gasteiger partial charge in [-0.3, -0.25) is 0 Å². The van der Waals surface area contributed by atoms with Crippen LogP contribution in [0, 0.1) is 5.82 Å². The van der Waals surface area contributed by atoms with E-state index in [0.717, 1.165) is 27.8 Å². The van der Waals surface area contributed by atoms with E-state index in [-0.39, 0.29) is 11.8 Å². The van der Waals surface area contributed by atoms with E-state index in [4.69, 9.17) is 4.74 Å². The molecule has 100 valence electrons. The topological polar surface area (TPSA) is 26.3 Å². The minimum Gasteiger partial charge on any atom is -0.463 e. The lowest BCUT2D eigenvalue weighted by Gasteiger charge is -2.24. The molecule has 0 saturated carbocycles. The summed E-state index contributed by atoms with van der Waals surface area (Å²) >= 11 is 0. The lowest BCUT2D eigenvalue weighted by atomic mass is 9.80. The van der Waals surface area contributed by atoms with Gasteiger partial charge in [0.1, 0.15) is 5.82 Å². The predicted octanol–water partition coefficient (Wildman–Crippen LogP) is 4.05. The Morgan fingerprint density at radius 3 is 2.55 bits per heavy atom. The van der Waals surface area contributed by atoms with E-state index in [1.807, 2.05) is 18.2 Å². The van der Waals surface area contributed by atoms with Crippen molar-refractivity contribution in [2.24, 2.45) is 0 Å². The molecule has 2 aromatic carbocycles. The molecule has 2 nitrogen and oxygen atoms in total. The number of fused-ring (bicyclic) bond motifs is 4. The van der Waals surface area contributed by atoms with Crippen molar-refractivity contribution in [1.82, 2.24) is 0 Å². The molecule has 3 rings (SSSR count). The number of carbonyl (C=O) groups excluding carboxylic acids is 1. The van der Waals surface area contributed by atoms with E-state index in [1.54, 1.807) is 19.1 Å². The molecule has 0 atom stereocenters. The van der Waals surface area contributed by atoms with Crippen LogP contribution < -0.4 is 0 Å². The second-order valence-corrected chi connectivity index (χ2v) is 4.58. The van der Waals surface area contributed by atoms with Crippen molar-refractivity contribution in [2.45, 2.75) is 6.92 Å². The number of halogens is 1. The van der Waals surface area contributed by atoms with Crippen LogP contribution in [0.5, 0.6) is 0 Å². The van der Waals surface area contributed by atoms with E-state index >= 15 is 0 Å². The summed E-state index contributed by atoms with van der Waals surface area (Å²) in [7, 11) is 0. The molecule has 0 fully saturated rings. The van der Waals surface area contributed by atoms with Gasteiger partial charge in [-0.25, -0.2) is 9.18 Å². The molecule has 0 aromatic heterocycles. The summed E-state index contributed by atoms with van der Waals surface area (Å²) in [5, 5.41) is 0. The zero-order valence-corrected chi connectivity index (χ0v) is 11.0. The molecule has 0 aliphatic heterocycles. The van der Waals surface area contributed by atoms with Gasteiger partial charge in [0.2, 0.25) is 0 Å². The first-order chi connectivity index (χ1) is 9.69. The first-order valence-corrected chi connectivity index (χ1v) is 6.48. The summed E-state index contributed by atoms with van der Waals surface area (Å²) < 4.78 is 18.1. The molecule has 0 spiro atoms. The van der Waals surface area contributed by atoms with Gasteiger partial charge in [-0.1, -0.05) is 18.2 Å². The predicted molar refractivity (Wildman–Crippen MR) is 76.5 cm³/mol. The molecule has 1 aliphatic carbocycles. The second-order valence-electron chi connectivity index (χ2n) is 4.58. The summed E-state index contributed by atoms with van der Waals surface area (Å²) in [6.07, 6.45) is 3.10. The Bertz CT molecular complexity index is 717. The zero-order chi connectivity index (χ0) is 14.1. The van der Waals surface area contributed by atoms with Crippen molar-refractivity contribution in [3.63, 3.8) is 0 Å². The van der Waals surface area contributed by atoms with Crippen LogP contribution in [0.4, 0.5) is 4.39 Å². The third-order valence-electron chi connectivity index (χ3n) is 3.30. The fourth-order valence-corrected chi connectivity index (χ4v) is 2.39. The summed E-state index contributed by atoms with van der Waals surface area (Å²) in [5.74, 6) is -0.594. The average Bonchev–Trinajstić information content (AvgIpc) is 2.44. The van der Waals surface area contributed by atoms with Crippen LogP contribution in [0.1, 0.15) is 12.5 Å². The monoisotopic (exact) mass is 268 g/mol. The number of ether oxygens (including phenoxy) is 1. The molecule has 1 aliphatic rings. The van der Waals surface area contributed by atoms with E-state index < -0.39 is 0 Å². The van der Waals surface area contributed by atoms with Crippen molar-refractivity contribution in [3.05, 3.63) is 53.9 Å². The number of benzene rings is 2. The number of rotatable bonds is 3. The third kappa shape index (κ3) is 2.11. The highest BCUT2D eigenvalue weighted by Gasteiger charge is 2.22. The average molecular weight is 268 g/mol. The van der Waals surface area contributed by atoms with Crippen LogP contribution in [-0.2, 0) is 9.53 Å². The molecule has 0 bridgehead atoms. The second kappa shape index (κ2) is 4.93. The van der Waals surface area contributed by atoms with Gasteiger partial charge in [0.05, 0.1) is 6.61 Å². The molecular formula is C17H13FO2. The third-order valence-corrected chi connectivity index (χ3v) is 3.30. The van der Waals surface area contributed by atoms with Crippen LogP contribution in [0.15, 0.2) is 42.5 Å². The van der Waals surface area contributed by atoms with Crippen LogP contribution in [0.3, 0.4) is 0 Å². The van der Waals surface area contributed by atoms with Crippen molar-refractivity contribution >= 4 is 12.0 Å². The van der Waals surface area contributed by atoms with E-state index in [0.29, 0.717) is 6.61 Å². The first-order valence-electron chi connectivity index (χ1n) is 6.48. The van der Waals surface area contributed by atoms with Crippen molar-refractivity contribution in [2.75, 3.05) is 6.61 Å². The fraction of sp³-hybridized carbons (Fsp3) is 0.118. The van der Waals surface area contributed by atoms with Gasteiger partial charge in [0, 0.05) is 6.08 Å². The Hall–Kier alpha value is -2.42. The normalized spacial score (nSPS) is 11.7. The van der Waals surface area contributed by atoms with E-state index in [9.17, 15) is 9.18 Å². The van der Waals surface area contributed by atoms with Crippen LogP contribution in [-0.4, -0.2) is 12.6 Å². The zero-order valence-electron chi connectivity index (χ0n) is 11.0. The van der Waals surface area contributed by atoms with Gasteiger partial charge in [0.25, 0.3) is 0 Å². The Morgan fingerprint density at radius 2 is 1.80 bits per heavy atom. The Kier molecular flexibility index (Phi) is 3.11. The summed E-state index contributed by atoms with van der Waals surface area (Å²) in [6.45, 7) is 2.13. The lowest BCUT2D eigenvalue weighted by Crippen LogP contribution is -2.00. The summed E-state index contributed by atoms with van der Waals surface area (Å²) in [5.41, 5.74) is 5.03. The molecule has 0 heterocycles. The minimum atomic E-state index is -0.360. The highest BCUT2D eigenvalue weighted by Crippen LogP contribution is 2.47. The summed E-state index contributed by atoms with van der Waals surface area (Å²) in [6, 6.07) is 10.7. The van der Waals surface area contributed by atoms with Crippen molar-refractivity contribution in [1.29, 1.82) is 0 Å². The number of esters is 1.